The number of hydrogen-bond donors (Lipinski definition) is 0. The second-order valence-electron chi connectivity index (χ2n) is 9.56. The molecule has 2 heterocycles. The van der Waals surface area contributed by atoms with Crippen molar-refractivity contribution in [1.82, 2.24) is 9.88 Å². The van der Waals surface area contributed by atoms with E-state index in [9.17, 15) is 8.78 Å². The van der Waals surface area contributed by atoms with Crippen LogP contribution in [0.3, 0.4) is 0 Å². The molecule has 5 nitrogen and oxygen atoms in total. The third-order valence-corrected chi connectivity index (χ3v) is 5.20. The molecule has 0 radical (unpaired) electrons. The van der Waals surface area contributed by atoms with Gasteiger partial charge in [0.1, 0.15) is 18.2 Å². The van der Waals surface area contributed by atoms with Crippen LogP contribution in [0.5, 0.6) is 5.75 Å². The molecule has 0 aromatic carbocycles. The predicted octanol–water partition coefficient (Wildman–Crippen LogP) is 4.32. The topological polar surface area (TPSA) is 37.8 Å². The average Bonchev–Trinajstić information content (AvgIpc) is 2.65. The highest BCUT2D eigenvalue weighted by atomic mass is 19.3. The molecule has 1 fully saturated rings. The van der Waals surface area contributed by atoms with Crippen molar-refractivity contribution in [2.45, 2.75) is 53.5 Å². The molecule has 1 aromatic rings. The maximum Gasteiger partial charge on any atom is 0.304 e. The standard InChI is InChI=1S/C22H37F2N3O2/c1-17(2)18(3)26-9-11-27(12-10-26)20-8-7-19(13-25-20)29-16-22(23,24)15-28-14-21(4,5)6/h7-8,13,17-18H,9-12,14-16H2,1-6H3/t18-/m0/s1. The first-order valence-electron chi connectivity index (χ1n) is 10.5. The fourth-order valence-electron chi connectivity index (χ4n) is 3.16. The summed E-state index contributed by atoms with van der Waals surface area (Å²) >= 11 is 0. The molecular weight excluding hydrogens is 376 g/mol. The normalized spacial score (nSPS) is 17.6. The molecule has 29 heavy (non-hydrogen) atoms. The van der Waals surface area contributed by atoms with E-state index in [1.54, 1.807) is 6.07 Å². The van der Waals surface area contributed by atoms with Crippen LogP contribution in [0.15, 0.2) is 18.3 Å². The van der Waals surface area contributed by atoms with Crippen molar-refractivity contribution in [3.63, 3.8) is 0 Å². The quantitative estimate of drug-likeness (QED) is 0.603. The third-order valence-electron chi connectivity index (χ3n) is 5.20. The van der Waals surface area contributed by atoms with E-state index in [1.807, 2.05) is 26.8 Å². The van der Waals surface area contributed by atoms with E-state index in [4.69, 9.17) is 9.47 Å². The van der Waals surface area contributed by atoms with Gasteiger partial charge in [-0.1, -0.05) is 34.6 Å². The first kappa shape index (κ1) is 23.8. The largest absolute Gasteiger partial charge is 0.486 e. The molecule has 1 aliphatic heterocycles. The number of nitrogens with zero attached hydrogens (tertiary/aromatic N) is 3. The minimum atomic E-state index is -3.03. The lowest BCUT2D eigenvalue weighted by atomic mass is 9.99. The van der Waals surface area contributed by atoms with Crippen LogP contribution in [-0.4, -0.2) is 67.8 Å². The van der Waals surface area contributed by atoms with Crippen LogP contribution in [0.25, 0.3) is 0 Å². The number of anilines is 1. The van der Waals surface area contributed by atoms with E-state index >= 15 is 0 Å². The van der Waals surface area contributed by atoms with Crippen molar-refractivity contribution in [3.05, 3.63) is 18.3 Å². The Kier molecular flexibility index (Phi) is 8.23. The molecule has 7 heteroatoms. The molecule has 0 unspecified atom stereocenters. The third kappa shape index (κ3) is 8.05. The lowest BCUT2D eigenvalue weighted by Crippen LogP contribution is -2.51. The van der Waals surface area contributed by atoms with Gasteiger partial charge in [0.05, 0.1) is 12.8 Å². The number of halogens is 2. The van der Waals surface area contributed by atoms with Crippen molar-refractivity contribution in [3.8, 4) is 5.75 Å². The molecule has 0 bridgehead atoms. The summed E-state index contributed by atoms with van der Waals surface area (Å²) < 4.78 is 38.2. The van der Waals surface area contributed by atoms with E-state index in [-0.39, 0.29) is 12.0 Å². The summed E-state index contributed by atoms with van der Waals surface area (Å²) in [6.07, 6.45) is 1.52. The summed E-state index contributed by atoms with van der Waals surface area (Å²) in [5.41, 5.74) is -0.144. The minimum Gasteiger partial charge on any atom is -0.486 e. The molecule has 0 saturated carbocycles. The highest BCUT2D eigenvalue weighted by molar-refractivity contribution is 5.41. The number of rotatable bonds is 9. The first-order valence-corrected chi connectivity index (χ1v) is 10.5. The molecule has 1 aliphatic rings. The number of alkyl halides is 2. The summed E-state index contributed by atoms with van der Waals surface area (Å²) in [4.78, 5) is 9.14. The van der Waals surface area contributed by atoms with E-state index in [2.05, 4.69) is 35.6 Å². The van der Waals surface area contributed by atoms with Crippen LogP contribution in [0.4, 0.5) is 14.6 Å². The lowest BCUT2D eigenvalue weighted by molar-refractivity contribution is -0.110. The molecule has 0 spiro atoms. The maximum absolute atomic E-state index is 13.9. The van der Waals surface area contributed by atoms with Gasteiger partial charge >= 0.3 is 5.92 Å². The summed E-state index contributed by atoms with van der Waals surface area (Å²) in [7, 11) is 0. The Balaban J connectivity index is 1.79. The van der Waals surface area contributed by atoms with E-state index in [0.717, 1.165) is 32.0 Å². The summed E-state index contributed by atoms with van der Waals surface area (Å²) in [6, 6.07) is 4.11. The number of ether oxygens (including phenoxy) is 2. The fourth-order valence-corrected chi connectivity index (χ4v) is 3.16. The minimum absolute atomic E-state index is 0.144. The maximum atomic E-state index is 13.9. The van der Waals surface area contributed by atoms with Crippen LogP contribution in [0, 0.1) is 11.3 Å². The monoisotopic (exact) mass is 413 g/mol. The highest BCUT2D eigenvalue weighted by Crippen LogP contribution is 2.22. The van der Waals surface area contributed by atoms with Gasteiger partial charge in [0.25, 0.3) is 0 Å². The Morgan fingerprint density at radius 3 is 2.17 bits per heavy atom. The molecule has 0 amide bonds. The molecule has 0 aliphatic carbocycles. The predicted molar refractivity (Wildman–Crippen MR) is 113 cm³/mol. The lowest BCUT2D eigenvalue weighted by Gasteiger charge is -2.40. The van der Waals surface area contributed by atoms with Crippen LogP contribution in [0.1, 0.15) is 41.5 Å². The zero-order valence-electron chi connectivity index (χ0n) is 18.8. The van der Waals surface area contributed by atoms with Crippen LogP contribution < -0.4 is 9.64 Å². The zero-order valence-corrected chi connectivity index (χ0v) is 18.8. The Morgan fingerprint density at radius 2 is 1.66 bits per heavy atom. The van der Waals surface area contributed by atoms with Crippen molar-refractivity contribution in [1.29, 1.82) is 0 Å². The average molecular weight is 414 g/mol. The van der Waals surface area contributed by atoms with Crippen LogP contribution >= 0.6 is 0 Å². The van der Waals surface area contributed by atoms with Crippen LogP contribution in [0.2, 0.25) is 0 Å². The second kappa shape index (κ2) is 10.0. The first-order chi connectivity index (χ1) is 13.5. The number of piperazine rings is 1. The van der Waals surface area contributed by atoms with E-state index in [1.165, 1.54) is 6.20 Å². The van der Waals surface area contributed by atoms with Gasteiger partial charge in [0.15, 0.2) is 6.61 Å². The van der Waals surface area contributed by atoms with Crippen molar-refractivity contribution < 1.29 is 18.3 Å². The van der Waals surface area contributed by atoms with Crippen molar-refractivity contribution >= 4 is 5.82 Å². The summed E-state index contributed by atoms with van der Waals surface area (Å²) in [5, 5.41) is 0. The Hall–Kier alpha value is -1.47. The van der Waals surface area contributed by atoms with Crippen molar-refractivity contribution in [2.75, 3.05) is 50.9 Å². The smallest absolute Gasteiger partial charge is 0.304 e. The SMILES string of the molecule is CC(C)[C@H](C)N1CCN(c2ccc(OCC(F)(F)COCC(C)(C)C)cn2)CC1. The van der Waals surface area contributed by atoms with Gasteiger partial charge in [-0.15, -0.1) is 0 Å². The van der Waals surface area contributed by atoms with Gasteiger partial charge in [-0.05, 0) is 30.4 Å². The van der Waals surface area contributed by atoms with E-state index < -0.39 is 19.1 Å². The fraction of sp³-hybridized carbons (Fsp3) is 0.773. The molecular formula is C22H37F2N3O2. The Labute approximate surface area is 174 Å². The zero-order chi connectivity index (χ0) is 21.7. The Bertz CT molecular complexity index is 609. The molecule has 1 aromatic heterocycles. The summed E-state index contributed by atoms with van der Waals surface area (Å²) in [6.45, 7) is 15.3. The molecule has 1 atom stereocenters. The van der Waals surface area contributed by atoms with Crippen molar-refractivity contribution in [2.24, 2.45) is 11.3 Å². The molecule has 2 rings (SSSR count). The molecule has 0 N–H and O–H groups in total. The van der Waals surface area contributed by atoms with Gasteiger partial charge in [0.2, 0.25) is 0 Å². The van der Waals surface area contributed by atoms with E-state index in [0.29, 0.717) is 17.7 Å². The molecule has 1 saturated heterocycles. The van der Waals surface area contributed by atoms with Gasteiger partial charge in [-0.2, -0.15) is 0 Å². The highest BCUT2D eigenvalue weighted by Gasteiger charge is 2.31. The Morgan fingerprint density at radius 1 is 1.00 bits per heavy atom. The van der Waals surface area contributed by atoms with Gasteiger partial charge < -0.3 is 14.4 Å². The number of aromatic nitrogens is 1. The second-order valence-corrected chi connectivity index (χ2v) is 9.56. The van der Waals surface area contributed by atoms with Gasteiger partial charge in [0, 0.05) is 32.2 Å². The van der Waals surface area contributed by atoms with Gasteiger partial charge in [-0.25, -0.2) is 13.8 Å². The molecule has 166 valence electrons. The van der Waals surface area contributed by atoms with Crippen LogP contribution in [-0.2, 0) is 4.74 Å². The summed E-state index contributed by atoms with van der Waals surface area (Å²) in [5.74, 6) is -1.20. The number of pyridine rings is 1. The van der Waals surface area contributed by atoms with Gasteiger partial charge in [-0.3, -0.25) is 4.90 Å². The number of hydrogen-bond acceptors (Lipinski definition) is 5.